The van der Waals surface area contributed by atoms with E-state index in [-0.39, 0.29) is 49.0 Å². The molecule has 0 saturated carbocycles. The summed E-state index contributed by atoms with van der Waals surface area (Å²) in [5, 5.41) is 11.2. The quantitative estimate of drug-likeness (QED) is 0.330. The van der Waals surface area contributed by atoms with Gasteiger partial charge in [0.2, 0.25) is 18.3 Å². The van der Waals surface area contributed by atoms with Gasteiger partial charge >= 0.3 is 0 Å². The van der Waals surface area contributed by atoms with Crippen molar-refractivity contribution < 1.29 is 13.9 Å². The molecular weight excluding hydrogens is 591 g/mol. The summed E-state index contributed by atoms with van der Waals surface area (Å²) in [4.78, 5) is 27.0. The molecule has 5 aliphatic rings. The molecule has 8 nitrogen and oxygen atoms in total. The number of amides is 1. The SMILES string of the molecule is [C-]#[N+]C[C@H]1CN(C2=C(C#N)C(OC[C@@H]3C[C@@H](F)CN3C)=NC3C=C(c4cccc5c4CCCC5)C(Cl)=CC23)CCN1C(=O)C=C. The van der Waals surface area contributed by atoms with Crippen molar-refractivity contribution in [2.24, 2.45) is 10.9 Å². The second-order valence-corrected chi connectivity index (χ2v) is 12.9. The zero-order valence-corrected chi connectivity index (χ0v) is 26.3. The highest BCUT2D eigenvalue weighted by molar-refractivity contribution is 6.37. The Morgan fingerprint density at radius 2 is 2.09 bits per heavy atom. The average molecular weight is 629 g/mol. The van der Waals surface area contributed by atoms with Crippen LogP contribution in [0.1, 0.15) is 36.0 Å². The van der Waals surface area contributed by atoms with E-state index in [4.69, 9.17) is 27.9 Å². The smallest absolute Gasteiger partial charge is 0.246 e. The number of allylic oxidation sites excluding steroid dienone is 2. The fraction of sp³-hybridized carbons (Fsp3) is 0.486. The Morgan fingerprint density at radius 1 is 1.27 bits per heavy atom. The maximum atomic E-state index is 14.2. The van der Waals surface area contributed by atoms with Gasteiger partial charge in [0, 0.05) is 48.9 Å². The first-order valence-electron chi connectivity index (χ1n) is 15.7. The fourth-order valence-electron chi connectivity index (χ4n) is 7.49. The third-order valence-corrected chi connectivity index (χ3v) is 10.1. The van der Waals surface area contributed by atoms with Crippen LogP contribution < -0.4 is 0 Å². The molecule has 0 spiro atoms. The first kappa shape index (κ1) is 31.1. The number of alkyl halides is 1. The highest BCUT2D eigenvalue weighted by Gasteiger charge is 2.42. The third-order valence-electron chi connectivity index (χ3n) is 9.77. The van der Waals surface area contributed by atoms with E-state index in [1.807, 2.05) is 18.0 Å². The van der Waals surface area contributed by atoms with Crippen LogP contribution in [-0.2, 0) is 22.4 Å². The maximum absolute atomic E-state index is 14.2. The Bertz CT molecular complexity index is 1580. The molecule has 0 bridgehead atoms. The van der Waals surface area contributed by atoms with E-state index in [1.54, 1.807) is 4.90 Å². The number of benzene rings is 1. The van der Waals surface area contributed by atoms with Crippen LogP contribution in [0.5, 0.6) is 0 Å². The number of fused-ring (bicyclic) bond motifs is 2. The summed E-state index contributed by atoms with van der Waals surface area (Å²) in [6.45, 7) is 13.1. The Hall–Kier alpha value is -3.92. The van der Waals surface area contributed by atoms with E-state index in [9.17, 15) is 14.4 Å². The number of piperazine rings is 1. The minimum absolute atomic E-state index is 0.122. The molecule has 6 rings (SSSR count). The standard InChI is InChI=1S/C35H38ClFN6O2/c1-4-33(44)43-13-12-42(20-25(43)18-39-2)34-29-15-31(36)28(27-11-7-9-22-8-5-6-10-26(22)27)16-32(29)40-35(30(34)17-38)45-21-24-14-23(37)19-41(24)3/h4,7,9,11,15-16,23-25,29,32H,1,5-6,8,10,12-14,18-21H2,3H3/t23-,24+,25+,29?,32?/m1/s1. The van der Waals surface area contributed by atoms with Crippen molar-refractivity contribution in [2.75, 3.05) is 46.4 Å². The van der Waals surface area contributed by atoms with Crippen molar-refractivity contribution >= 4 is 29.0 Å². The predicted octanol–water partition coefficient (Wildman–Crippen LogP) is 4.94. The number of ether oxygens (including phenoxy) is 1. The number of aliphatic imine (C=N–C) groups is 1. The highest BCUT2D eigenvalue weighted by atomic mass is 35.5. The number of carbonyl (C=O) groups excluding carboxylic acids is 1. The first-order valence-corrected chi connectivity index (χ1v) is 16.1. The van der Waals surface area contributed by atoms with Gasteiger partial charge in [0.1, 0.15) is 30.5 Å². The summed E-state index contributed by atoms with van der Waals surface area (Å²) in [7, 11) is 1.88. The molecule has 1 aromatic rings. The molecule has 0 N–H and O–H groups in total. The second-order valence-electron chi connectivity index (χ2n) is 12.5. The molecule has 45 heavy (non-hydrogen) atoms. The van der Waals surface area contributed by atoms with Crippen molar-refractivity contribution in [1.82, 2.24) is 14.7 Å². The van der Waals surface area contributed by atoms with Crippen molar-refractivity contribution in [3.63, 3.8) is 0 Å². The number of aryl methyl sites for hydroxylation is 1. The molecule has 5 atom stereocenters. The van der Waals surface area contributed by atoms with E-state index < -0.39 is 6.17 Å². The molecule has 234 valence electrons. The lowest BCUT2D eigenvalue weighted by Crippen LogP contribution is -2.57. The van der Waals surface area contributed by atoms with Crippen LogP contribution in [0.4, 0.5) is 4.39 Å². The first-order chi connectivity index (χ1) is 21.8. The molecule has 2 aliphatic carbocycles. The molecule has 2 unspecified atom stereocenters. The van der Waals surface area contributed by atoms with Crippen molar-refractivity contribution in [3.05, 3.63) is 87.4 Å². The number of carbonyl (C=O) groups is 1. The van der Waals surface area contributed by atoms with Gasteiger partial charge in [-0.05, 0) is 73.6 Å². The summed E-state index contributed by atoms with van der Waals surface area (Å²) in [5.41, 5.74) is 5.80. The summed E-state index contributed by atoms with van der Waals surface area (Å²) < 4.78 is 20.4. The largest absolute Gasteiger partial charge is 0.475 e. The summed E-state index contributed by atoms with van der Waals surface area (Å²) in [5.74, 6) is -0.300. The summed E-state index contributed by atoms with van der Waals surface area (Å²) in [6, 6.07) is 7.91. The fourth-order valence-corrected chi connectivity index (χ4v) is 7.80. The predicted molar refractivity (Wildman–Crippen MR) is 173 cm³/mol. The van der Waals surface area contributed by atoms with Crippen molar-refractivity contribution in [3.8, 4) is 6.07 Å². The number of hydrogen-bond acceptors (Lipinski definition) is 6. The third kappa shape index (κ3) is 6.04. The van der Waals surface area contributed by atoms with Gasteiger partial charge in [-0.1, -0.05) is 42.5 Å². The second kappa shape index (κ2) is 13.2. The molecule has 2 saturated heterocycles. The van der Waals surface area contributed by atoms with Gasteiger partial charge in [-0.15, -0.1) is 0 Å². The molecule has 2 fully saturated rings. The van der Waals surface area contributed by atoms with Gasteiger partial charge in [-0.2, -0.15) is 5.26 Å². The number of hydrogen-bond donors (Lipinski definition) is 0. The van der Waals surface area contributed by atoms with Crippen molar-refractivity contribution in [1.29, 1.82) is 5.26 Å². The van der Waals surface area contributed by atoms with Crippen molar-refractivity contribution in [2.45, 2.75) is 56.4 Å². The van der Waals surface area contributed by atoms with E-state index in [2.05, 4.69) is 46.7 Å². The number of dihydropyridines is 1. The number of nitrogens with zero attached hydrogens (tertiary/aromatic N) is 6. The Morgan fingerprint density at radius 3 is 2.82 bits per heavy atom. The molecule has 0 aromatic heterocycles. The number of nitriles is 1. The van der Waals surface area contributed by atoms with Crippen LogP contribution in [0, 0.1) is 23.8 Å². The Kier molecular flexibility index (Phi) is 9.12. The molecule has 10 heteroatoms. The summed E-state index contributed by atoms with van der Waals surface area (Å²) in [6.07, 6.45) is 9.21. The number of likely N-dealkylation sites (tertiary alicyclic amines) is 1. The van der Waals surface area contributed by atoms with Crippen LogP contribution in [0.3, 0.4) is 0 Å². The van der Waals surface area contributed by atoms with Gasteiger partial charge in [0.15, 0.2) is 0 Å². The number of rotatable bonds is 6. The van der Waals surface area contributed by atoms with E-state index >= 15 is 0 Å². The maximum Gasteiger partial charge on any atom is 0.246 e. The van der Waals surface area contributed by atoms with E-state index in [0.717, 1.165) is 36.1 Å². The van der Waals surface area contributed by atoms with Crippen LogP contribution >= 0.6 is 11.6 Å². The van der Waals surface area contributed by atoms with E-state index in [0.29, 0.717) is 43.2 Å². The molecule has 1 amide bonds. The molecule has 3 heterocycles. The van der Waals surface area contributed by atoms with Crippen LogP contribution in [0.15, 0.2) is 64.3 Å². The minimum atomic E-state index is -0.912. The lowest BCUT2D eigenvalue weighted by atomic mass is 9.80. The molecular formula is C35H38ClFN6O2. The van der Waals surface area contributed by atoms with E-state index in [1.165, 1.54) is 23.6 Å². The van der Waals surface area contributed by atoms with Gasteiger partial charge in [-0.3, -0.25) is 9.69 Å². The van der Waals surface area contributed by atoms with Crippen LogP contribution in [-0.4, -0.2) is 97.2 Å². The normalized spacial score (nSPS) is 28.2. The number of halogens is 2. The zero-order chi connectivity index (χ0) is 31.7. The lowest BCUT2D eigenvalue weighted by Gasteiger charge is -2.44. The van der Waals surface area contributed by atoms with Gasteiger partial charge in [-0.25, -0.2) is 16.0 Å². The average Bonchev–Trinajstić information content (AvgIpc) is 3.38. The van der Waals surface area contributed by atoms with Gasteiger partial charge < -0.3 is 19.4 Å². The summed E-state index contributed by atoms with van der Waals surface area (Å²) >= 11 is 7.09. The highest BCUT2D eigenvalue weighted by Crippen LogP contribution is 2.43. The molecule has 0 radical (unpaired) electrons. The minimum Gasteiger partial charge on any atom is -0.475 e. The molecule has 3 aliphatic heterocycles. The monoisotopic (exact) mass is 628 g/mol. The van der Waals surface area contributed by atoms with Crippen LogP contribution in [0.2, 0.25) is 0 Å². The topological polar surface area (TPSA) is 76.5 Å². The van der Waals surface area contributed by atoms with Crippen LogP contribution in [0.25, 0.3) is 10.4 Å². The molecule has 1 aromatic carbocycles. The van der Waals surface area contributed by atoms with Gasteiger partial charge in [0.05, 0.1) is 6.04 Å². The van der Waals surface area contributed by atoms with Gasteiger partial charge in [0.25, 0.3) is 0 Å². The Labute approximate surface area is 269 Å². The Balaban J connectivity index is 1.39. The lowest BCUT2D eigenvalue weighted by molar-refractivity contribution is -0.130. The zero-order valence-electron chi connectivity index (χ0n) is 25.6. The number of likely N-dealkylation sites (N-methyl/N-ethyl adjacent to an activating group) is 1.